The molecular formula is C26H30ClN3O3S. The van der Waals surface area contributed by atoms with Gasteiger partial charge in [0.25, 0.3) is 5.91 Å². The molecule has 8 heteroatoms. The molecule has 34 heavy (non-hydrogen) atoms. The molecule has 0 spiro atoms. The van der Waals surface area contributed by atoms with Gasteiger partial charge in [0.1, 0.15) is 17.5 Å². The van der Waals surface area contributed by atoms with Crippen molar-refractivity contribution in [1.29, 1.82) is 0 Å². The van der Waals surface area contributed by atoms with Crippen LogP contribution in [0.4, 0.5) is 0 Å². The molecule has 0 bridgehead atoms. The quantitative estimate of drug-likeness (QED) is 0.586. The Kier molecular flexibility index (Phi) is 6.97. The van der Waals surface area contributed by atoms with Crippen molar-refractivity contribution in [3.05, 3.63) is 70.2 Å². The van der Waals surface area contributed by atoms with Crippen molar-refractivity contribution in [2.75, 3.05) is 0 Å². The van der Waals surface area contributed by atoms with E-state index in [2.05, 4.69) is 10.6 Å². The Morgan fingerprint density at radius 1 is 1.12 bits per heavy atom. The molecule has 2 N–H and O–H groups in total. The maximum Gasteiger partial charge on any atom is 0.256 e. The van der Waals surface area contributed by atoms with Crippen LogP contribution in [0, 0.1) is 5.92 Å². The van der Waals surface area contributed by atoms with E-state index in [4.69, 9.17) is 11.6 Å². The summed E-state index contributed by atoms with van der Waals surface area (Å²) in [5, 5.41) is 6.33. The van der Waals surface area contributed by atoms with Crippen LogP contribution in [-0.4, -0.2) is 39.5 Å². The number of hydrogen-bond donors (Lipinski definition) is 2. The van der Waals surface area contributed by atoms with Gasteiger partial charge in [-0.2, -0.15) is 0 Å². The van der Waals surface area contributed by atoms with Gasteiger partial charge in [-0.25, -0.2) is 0 Å². The number of fused-ring (bicyclic) bond motifs is 3. The van der Waals surface area contributed by atoms with Crippen LogP contribution in [0.1, 0.15) is 61.0 Å². The lowest BCUT2D eigenvalue weighted by Gasteiger charge is -2.31. The first-order valence-corrected chi connectivity index (χ1v) is 12.8. The summed E-state index contributed by atoms with van der Waals surface area (Å²) in [6.45, 7) is 8.32. The molecule has 6 nitrogen and oxygen atoms in total. The van der Waals surface area contributed by atoms with Gasteiger partial charge in [0.05, 0.1) is 0 Å². The molecule has 3 atom stereocenters. The molecule has 4 rings (SSSR count). The first kappa shape index (κ1) is 24.6. The van der Waals surface area contributed by atoms with Gasteiger partial charge in [0.15, 0.2) is 0 Å². The fraction of sp³-hybridized carbons (Fsp3) is 0.423. The second-order valence-corrected chi connectivity index (χ2v) is 12.0. The Bertz CT molecular complexity index is 1100. The average Bonchev–Trinajstić information content (AvgIpc) is 3.21. The third-order valence-electron chi connectivity index (χ3n) is 6.26. The second-order valence-electron chi connectivity index (χ2n) is 9.81. The zero-order valence-corrected chi connectivity index (χ0v) is 21.4. The number of thioether (sulfide) groups is 1. The van der Waals surface area contributed by atoms with Crippen molar-refractivity contribution in [2.24, 2.45) is 5.92 Å². The molecule has 3 amide bonds. The van der Waals surface area contributed by atoms with E-state index >= 15 is 0 Å². The molecular weight excluding hydrogens is 470 g/mol. The fourth-order valence-corrected chi connectivity index (χ4v) is 6.39. The molecule has 180 valence electrons. The molecule has 0 unspecified atom stereocenters. The van der Waals surface area contributed by atoms with Gasteiger partial charge in [-0.05, 0) is 55.5 Å². The minimum Gasteiger partial charge on any atom is -0.350 e. The summed E-state index contributed by atoms with van der Waals surface area (Å²) >= 11 is 7.55. The summed E-state index contributed by atoms with van der Waals surface area (Å²) in [7, 11) is 0. The van der Waals surface area contributed by atoms with Crippen LogP contribution >= 0.6 is 23.4 Å². The third kappa shape index (κ3) is 4.82. The molecule has 2 heterocycles. The van der Waals surface area contributed by atoms with Crippen LogP contribution in [0.25, 0.3) is 0 Å². The first-order chi connectivity index (χ1) is 16.1. The number of benzene rings is 2. The number of halogens is 1. The zero-order chi connectivity index (χ0) is 24.6. The molecule has 0 aromatic heterocycles. The predicted molar refractivity (Wildman–Crippen MR) is 135 cm³/mol. The Morgan fingerprint density at radius 2 is 1.79 bits per heavy atom. The van der Waals surface area contributed by atoms with Crippen molar-refractivity contribution >= 4 is 41.1 Å². The molecule has 1 saturated heterocycles. The van der Waals surface area contributed by atoms with E-state index < -0.39 is 16.8 Å². The summed E-state index contributed by atoms with van der Waals surface area (Å²) in [6, 6.07) is 13.4. The predicted octanol–water partition coefficient (Wildman–Crippen LogP) is 4.54. The van der Waals surface area contributed by atoms with E-state index in [1.165, 1.54) is 0 Å². The van der Waals surface area contributed by atoms with E-state index in [1.807, 2.05) is 64.1 Å². The summed E-state index contributed by atoms with van der Waals surface area (Å²) in [6.07, 6.45) is 0.496. The fourth-order valence-electron chi connectivity index (χ4n) is 4.67. The van der Waals surface area contributed by atoms with E-state index in [0.717, 1.165) is 11.1 Å². The summed E-state index contributed by atoms with van der Waals surface area (Å²) in [4.78, 5) is 41.5. The highest BCUT2D eigenvalue weighted by molar-refractivity contribution is 8.01. The molecule has 0 aliphatic carbocycles. The summed E-state index contributed by atoms with van der Waals surface area (Å²) in [5.74, 6) is -0.476. The van der Waals surface area contributed by atoms with Crippen LogP contribution < -0.4 is 10.6 Å². The van der Waals surface area contributed by atoms with Crippen LogP contribution in [0.15, 0.2) is 48.5 Å². The smallest absolute Gasteiger partial charge is 0.256 e. The molecule has 1 fully saturated rings. The molecule has 2 aromatic carbocycles. The highest BCUT2D eigenvalue weighted by Crippen LogP contribution is 2.56. The number of carbonyl (C=O) groups is 3. The van der Waals surface area contributed by atoms with Crippen molar-refractivity contribution in [3.63, 3.8) is 0 Å². The minimum atomic E-state index is -0.695. The Morgan fingerprint density at radius 3 is 2.47 bits per heavy atom. The van der Waals surface area contributed by atoms with Gasteiger partial charge in [-0.1, -0.05) is 55.8 Å². The monoisotopic (exact) mass is 499 g/mol. The lowest BCUT2D eigenvalue weighted by molar-refractivity contribution is -0.132. The third-order valence-corrected chi connectivity index (χ3v) is 8.05. The number of nitrogens with zero attached hydrogens (tertiary/aromatic N) is 1. The summed E-state index contributed by atoms with van der Waals surface area (Å²) in [5.41, 5.74) is 2.51. The first-order valence-electron chi connectivity index (χ1n) is 11.5. The number of amides is 3. The van der Waals surface area contributed by atoms with Gasteiger partial charge >= 0.3 is 0 Å². The highest BCUT2D eigenvalue weighted by Gasteiger charge is 2.57. The number of hydrogen-bond acceptors (Lipinski definition) is 4. The van der Waals surface area contributed by atoms with Crippen molar-refractivity contribution < 1.29 is 14.4 Å². The number of nitrogens with one attached hydrogen (secondary N) is 2. The van der Waals surface area contributed by atoms with Gasteiger partial charge in [-0.15, -0.1) is 11.8 Å². The number of carbonyl (C=O) groups excluding carboxylic acids is 3. The normalized spacial score (nSPS) is 21.2. The Balaban J connectivity index is 1.50. The van der Waals surface area contributed by atoms with E-state index in [0.29, 0.717) is 23.6 Å². The van der Waals surface area contributed by atoms with E-state index in [1.54, 1.807) is 28.8 Å². The molecule has 2 aromatic rings. The lowest BCUT2D eigenvalue weighted by atomic mass is 9.98. The largest absolute Gasteiger partial charge is 0.350 e. The van der Waals surface area contributed by atoms with Crippen LogP contribution in [0.2, 0.25) is 5.02 Å². The van der Waals surface area contributed by atoms with Crippen LogP contribution in [0.5, 0.6) is 0 Å². The lowest BCUT2D eigenvalue weighted by Crippen LogP contribution is -2.57. The standard InChI is InChI=1S/C26H30ClN3O3S/c1-15(2)13-20(22(31)28-14-16-9-11-17(27)12-10-16)29-23(32)21-26(3,4)34-25-19-8-6-5-7-18(19)24(33)30(21)25/h5-12,15,20-21,25H,13-14H2,1-4H3,(H,28,31)(H,29,32)/t20-,21+,25-/m0/s1. The van der Waals surface area contributed by atoms with Crippen molar-refractivity contribution in [2.45, 2.75) is 62.9 Å². The zero-order valence-electron chi connectivity index (χ0n) is 19.8. The topological polar surface area (TPSA) is 78.5 Å². The molecule has 0 saturated carbocycles. The highest BCUT2D eigenvalue weighted by atomic mass is 35.5. The maximum absolute atomic E-state index is 13.6. The van der Waals surface area contributed by atoms with Gasteiger partial charge < -0.3 is 15.5 Å². The summed E-state index contributed by atoms with van der Waals surface area (Å²) < 4.78 is -0.500. The second kappa shape index (κ2) is 9.62. The van der Waals surface area contributed by atoms with Crippen molar-refractivity contribution in [3.8, 4) is 0 Å². The van der Waals surface area contributed by atoms with E-state index in [9.17, 15) is 14.4 Å². The van der Waals surface area contributed by atoms with Gasteiger partial charge in [0, 0.05) is 21.9 Å². The van der Waals surface area contributed by atoms with Crippen molar-refractivity contribution in [1.82, 2.24) is 15.5 Å². The van der Waals surface area contributed by atoms with E-state index in [-0.39, 0.29) is 29.0 Å². The molecule has 2 aliphatic rings. The maximum atomic E-state index is 13.6. The minimum absolute atomic E-state index is 0.133. The molecule has 0 radical (unpaired) electrons. The average molecular weight is 500 g/mol. The van der Waals surface area contributed by atoms with Crippen LogP contribution in [0.3, 0.4) is 0 Å². The number of rotatable bonds is 7. The Hall–Kier alpha value is -2.51. The molecule has 2 aliphatic heterocycles. The SMILES string of the molecule is CC(C)C[C@H](NC(=O)[C@H]1N2C(=O)c3ccccc3[C@@H]2SC1(C)C)C(=O)NCc1ccc(Cl)cc1. The van der Waals surface area contributed by atoms with Crippen LogP contribution in [-0.2, 0) is 16.1 Å². The Labute approximate surface area is 209 Å². The van der Waals surface area contributed by atoms with Gasteiger partial charge in [0.2, 0.25) is 11.8 Å². The van der Waals surface area contributed by atoms with Gasteiger partial charge in [-0.3, -0.25) is 14.4 Å².